The Morgan fingerprint density at radius 1 is 0.971 bits per heavy atom. The first-order chi connectivity index (χ1) is 16.4. The lowest BCUT2D eigenvalue weighted by Gasteiger charge is -2.11. The fraction of sp³-hybridized carbons (Fsp3) is 0.115. The van der Waals surface area contributed by atoms with Crippen LogP contribution in [0, 0.1) is 13.8 Å². The van der Waals surface area contributed by atoms with Gasteiger partial charge in [0.05, 0.1) is 22.8 Å². The summed E-state index contributed by atoms with van der Waals surface area (Å²) in [6.45, 7) is 3.13. The summed E-state index contributed by atoms with van der Waals surface area (Å²) >= 11 is 7.46. The van der Waals surface area contributed by atoms with Gasteiger partial charge in [-0.25, -0.2) is 9.48 Å². The second kappa shape index (κ2) is 10.6. The highest BCUT2D eigenvalue weighted by Gasteiger charge is 2.21. The summed E-state index contributed by atoms with van der Waals surface area (Å²) in [5.41, 5.74) is 3.02. The molecule has 1 aromatic heterocycles. The fourth-order valence-electron chi connectivity index (χ4n) is 3.44. The standard InChI is InChI=1S/C26H22ClN3O3S/c1-17-25(18(2)30(29-17)20-8-4-3-5-9-20)26(32)33-16-24(31)28-22-10-6-7-11-23(22)34-21-14-12-19(27)13-15-21/h3-15H,16H2,1-2H3,(H,28,31). The van der Waals surface area contributed by atoms with Crippen molar-refractivity contribution in [3.63, 3.8) is 0 Å². The summed E-state index contributed by atoms with van der Waals surface area (Å²) in [5.74, 6) is -1.01. The number of hydrogen-bond donors (Lipinski definition) is 1. The molecule has 0 saturated heterocycles. The lowest BCUT2D eigenvalue weighted by molar-refractivity contribution is -0.119. The molecule has 8 heteroatoms. The van der Waals surface area contributed by atoms with Crippen molar-refractivity contribution in [2.24, 2.45) is 0 Å². The summed E-state index contributed by atoms with van der Waals surface area (Å²) in [5, 5.41) is 7.94. The quantitative estimate of drug-likeness (QED) is 0.317. The first-order valence-corrected chi connectivity index (χ1v) is 11.7. The number of rotatable bonds is 7. The number of carbonyl (C=O) groups is 2. The molecule has 4 rings (SSSR count). The van der Waals surface area contributed by atoms with Crippen LogP contribution < -0.4 is 5.32 Å². The average molecular weight is 492 g/mol. The predicted octanol–water partition coefficient (Wildman–Crippen LogP) is 6.09. The third kappa shape index (κ3) is 5.50. The van der Waals surface area contributed by atoms with Gasteiger partial charge in [-0.15, -0.1) is 0 Å². The Morgan fingerprint density at radius 2 is 1.65 bits per heavy atom. The number of amides is 1. The maximum Gasteiger partial charge on any atom is 0.342 e. The van der Waals surface area contributed by atoms with E-state index in [1.165, 1.54) is 11.8 Å². The SMILES string of the molecule is Cc1nn(-c2ccccc2)c(C)c1C(=O)OCC(=O)Nc1ccccc1Sc1ccc(Cl)cc1. The van der Waals surface area contributed by atoms with E-state index in [1.807, 2.05) is 72.8 Å². The van der Waals surface area contributed by atoms with Crippen LogP contribution in [-0.2, 0) is 9.53 Å². The third-order valence-electron chi connectivity index (χ3n) is 5.03. The molecule has 1 N–H and O–H groups in total. The number of anilines is 1. The molecule has 0 aliphatic heterocycles. The molecule has 0 saturated carbocycles. The molecule has 0 radical (unpaired) electrons. The number of esters is 1. The van der Waals surface area contributed by atoms with Crippen molar-refractivity contribution in [3.05, 3.63) is 101 Å². The van der Waals surface area contributed by atoms with Gasteiger partial charge in [0.25, 0.3) is 5.91 Å². The Hall–Kier alpha value is -3.55. The molecule has 0 aliphatic carbocycles. The van der Waals surface area contributed by atoms with Gasteiger partial charge in [0.15, 0.2) is 6.61 Å². The summed E-state index contributed by atoms with van der Waals surface area (Å²) in [6, 6.07) is 24.4. The molecule has 0 spiro atoms. The largest absolute Gasteiger partial charge is 0.452 e. The van der Waals surface area contributed by atoms with Gasteiger partial charge in [0.1, 0.15) is 5.56 Å². The van der Waals surface area contributed by atoms with Crippen molar-refractivity contribution in [2.75, 3.05) is 11.9 Å². The number of nitrogens with zero attached hydrogens (tertiary/aromatic N) is 2. The van der Waals surface area contributed by atoms with Gasteiger partial charge in [-0.2, -0.15) is 5.10 Å². The van der Waals surface area contributed by atoms with Crippen LogP contribution in [0.2, 0.25) is 5.02 Å². The van der Waals surface area contributed by atoms with E-state index in [1.54, 1.807) is 24.6 Å². The van der Waals surface area contributed by atoms with Crippen molar-refractivity contribution in [1.29, 1.82) is 0 Å². The Bertz CT molecular complexity index is 1320. The zero-order chi connectivity index (χ0) is 24.1. The number of nitrogens with one attached hydrogen (secondary N) is 1. The predicted molar refractivity (Wildman–Crippen MR) is 134 cm³/mol. The number of aromatic nitrogens is 2. The minimum absolute atomic E-state index is 0.357. The molecule has 3 aromatic carbocycles. The van der Waals surface area contributed by atoms with Crippen molar-refractivity contribution in [3.8, 4) is 5.69 Å². The molecule has 0 aliphatic rings. The van der Waals surface area contributed by atoms with Crippen LogP contribution in [0.3, 0.4) is 0 Å². The van der Waals surface area contributed by atoms with Gasteiger partial charge in [0.2, 0.25) is 0 Å². The molecule has 1 amide bonds. The molecular formula is C26H22ClN3O3S. The van der Waals surface area contributed by atoms with Crippen LogP contribution in [0.5, 0.6) is 0 Å². The van der Waals surface area contributed by atoms with Crippen LogP contribution in [-0.4, -0.2) is 28.3 Å². The van der Waals surface area contributed by atoms with Crippen molar-refractivity contribution in [2.45, 2.75) is 23.6 Å². The number of benzene rings is 3. The second-order valence-electron chi connectivity index (χ2n) is 7.47. The molecule has 0 fully saturated rings. The molecule has 34 heavy (non-hydrogen) atoms. The monoisotopic (exact) mass is 491 g/mol. The van der Waals surface area contributed by atoms with E-state index in [2.05, 4.69) is 10.4 Å². The summed E-state index contributed by atoms with van der Waals surface area (Å²) in [6.07, 6.45) is 0. The van der Waals surface area contributed by atoms with Crippen molar-refractivity contribution >= 4 is 40.9 Å². The molecule has 0 atom stereocenters. The Kier molecular flexibility index (Phi) is 7.35. The number of hydrogen-bond acceptors (Lipinski definition) is 5. The van der Waals surface area contributed by atoms with Gasteiger partial charge in [-0.1, -0.05) is 53.7 Å². The lowest BCUT2D eigenvalue weighted by Crippen LogP contribution is -2.21. The molecule has 1 heterocycles. The number of aryl methyl sites for hydroxylation is 1. The number of carbonyl (C=O) groups excluding carboxylic acids is 2. The van der Waals surface area contributed by atoms with Gasteiger partial charge in [0, 0.05) is 14.8 Å². The highest BCUT2D eigenvalue weighted by Crippen LogP contribution is 2.33. The van der Waals surface area contributed by atoms with Crippen LogP contribution >= 0.6 is 23.4 Å². The lowest BCUT2D eigenvalue weighted by atomic mass is 10.2. The summed E-state index contributed by atoms with van der Waals surface area (Å²) < 4.78 is 7.01. The van der Waals surface area contributed by atoms with E-state index in [0.717, 1.165) is 15.5 Å². The summed E-state index contributed by atoms with van der Waals surface area (Å²) in [7, 11) is 0. The van der Waals surface area contributed by atoms with Gasteiger partial charge >= 0.3 is 5.97 Å². The van der Waals surface area contributed by atoms with Gasteiger partial charge in [-0.05, 0) is 62.4 Å². The van der Waals surface area contributed by atoms with Crippen molar-refractivity contribution < 1.29 is 14.3 Å². The third-order valence-corrected chi connectivity index (χ3v) is 6.37. The second-order valence-corrected chi connectivity index (χ2v) is 9.02. The van der Waals surface area contributed by atoms with E-state index >= 15 is 0 Å². The smallest absolute Gasteiger partial charge is 0.342 e. The zero-order valence-electron chi connectivity index (χ0n) is 18.6. The molecule has 0 bridgehead atoms. The highest BCUT2D eigenvalue weighted by molar-refractivity contribution is 7.99. The molecule has 6 nitrogen and oxygen atoms in total. The first kappa shape index (κ1) is 23.6. The van der Waals surface area contributed by atoms with E-state index in [4.69, 9.17) is 16.3 Å². The van der Waals surface area contributed by atoms with E-state index in [0.29, 0.717) is 27.7 Å². The normalized spacial score (nSPS) is 10.7. The highest BCUT2D eigenvalue weighted by atomic mass is 35.5. The van der Waals surface area contributed by atoms with Crippen molar-refractivity contribution in [1.82, 2.24) is 9.78 Å². The minimum Gasteiger partial charge on any atom is -0.452 e. The number of para-hydroxylation sites is 2. The fourth-order valence-corrected chi connectivity index (χ4v) is 4.46. The maximum absolute atomic E-state index is 12.8. The Labute approximate surface area is 206 Å². The summed E-state index contributed by atoms with van der Waals surface area (Å²) in [4.78, 5) is 27.2. The van der Waals surface area contributed by atoms with Crippen LogP contribution in [0.4, 0.5) is 5.69 Å². The minimum atomic E-state index is -0.587. The number of ether oxygens (including phenoxy) is 1. The zero-order valence-corrected chi connectivity index (χ0v) is 20.2. The van der Waals surface area contributed by atoms with E-state index < -0.39 is 18.5 Å². The van der Waals surface area contributed by atoms with Crippen LogP contribution in [0.25, 0.3) is 5.69 Å². The first-order valence-electron chi connectivity index (χ1n) is 10.5. The molecule has 0 unspecified atom stereocenters. The van der Waals surface area contributed by atoms with Gasteiger partial charge < -0.3 is 10.1 Å². The molecular weight excluding hydrogens is 470 g/mol. The van der Waals surface area contributed by atoms with Crippen LogP contribution in [0.1, 0.15) is 21.7 Å². The van der Waals surface area contributed by atoms with E-state index in [-0.39, 0.29) is 0 Å². The Morgan fingerprint density at radius 3 is 2.38 bits per heavy atom. The average Bonchev–Trinajstić information content (AvgIpc) is 3.14. The van der Waals surface area contributed by atoms with Gasteiger partial charge in [-0.3, -0.25) is 4.79 Å². The Balaban J connectivity index is 1.41. The topological polar surface area (TPSA) is 73.2 Å². The van der Waals surface area contributed by atoms with E-state index in [9.17, 15) is 9.59 Å². The number of halogens is 1. The maximum atomic E-state index is 12.8. The van der Waals surface area contributed by atoms with Crippen LogP contribution in [0.15, 0.2) is 88.7 Å². The molecule has 172 valence electrons. The molecule has 4 aromatic rings.